The molecule has 356 valence electrons. The van der Waals surface area contributed by atoms with Gasteiger partial charge < -0.3 is 14.0 Å². The van der Waals surface area contributed by atoms with Gasteiger partial charge in [-0.25, -0.2) is 0 Å². The van der Waals surface area contributed by atoms with Gasteiger partial charge in [-0.1, -0.05) is 194 Å². The predicted molar refractivity (Wildman–Crippen MR) is 329 cm³/mol. The second-order valence-corrected chi connectivity index (χ2v) is 21.8. The summed E-state index contributed by atoms with van der Waals surface area (Å²) in [6.07, 6.45) is 0. The Balaban J connectivity index is 1.08. The predicted octanol–water partition coefficient (Wildman–Crippen LogP) is 17.5. The summed E-state index contributed by atoms with van der Waals surface area (Å²) in [7, 11) is 0. The maximum Gasteiger partial charge on any atom is 0.252 e. The van der Waals surface area contributed by atoms with Crippen LogP contribution in [0.15, 0.2) is 267 Å². The van der Waals surface area contributed by atoms with Gasteiger partial charge in [0.1, 0.15) is 0 Å². The van der Waals surface area contributed by atoms with E-state index in [1.54, 1.807) is 0 Å². The van der Waals surface area contributed by atoms with Crippen molar-refractivity contribution in [3.63, 3.8) is 0 Å². The van der Waals surface area contributed by atoms with Crippen molar-refractivity contribution in [1.82, 2.24) is 9.13 Å². The summed E-state index contributed by atoms with van der Waals surface area (Å²) in [6, 6.07) is 100.0. The van der Waals surface area contributed by atoms with E-state index in [-0.39, 0.29) is 6.71 Å². The summed E-state index contributed by atoms with van der Waals surface area (Å²) in [6.45, 7) is -0.103. The zero-order valence-corrected chi connectivity index (χ0v) is 42.5. The molecule has 0 bridgehead atoms. The van der Waals surface area contributed by atoms with Crippen LogP contribution in [-0.2, 0) is 0 Å². The second-order valence-electron chi connectivity index (χ2n) is 20.7. The molecule has 0 saturated carbocycles. The molecule has 0 unspecified atom stereocenters. The Kier molecular flexibility index (Phi) is 9.09. The molecule has 2 aliphatic heterocycles. The van der Waals surface area contributed by atoms with Crippen LogP contribution in [0.25, 0.3) is 120 Å². The van der Waals surface area contributed by atoms with Crippen molar-refractivity contribution in [3.05, 3.63) is 267 Å². The standard InChI is InChI=1S/C72H44BN3S/c1-6-21-45(22-7-1)49-37-55(47-25-10-3-11-26-47)71(56(38-49)48-27-12-4-13-28-48)76-65-42-58-52-31-16-18-35-62(52)74(51-29-14-5-15-30-51)63(58)43-61(65)73-60-34-20-33-54-57-41-59-53-32-17-19-36-68(53)77-69(59)44-64(57)75(72(54)60)66-39-50(40-67(76)70(66)73)46-23-8-2-9-24-46/h1-44H. The number of thiophene rings is 1. The molecular formula is C72H44BN3S. The maximum atomic E-state index is 2.69. The zero-order valence-electron chi connectivity index (χ0n) is 41.7. The van der Waals surface area contributed by atoms with Crippen LogP contribution in [0.2, 0.25) is 0 Å². The minimum Gasteiger partial charge on any atom is -0.310 e. The smallest absolute Gasteiger partial charge is 0.252 e. The third-order valence-corrected chi connectivity index (χ3v) is 17.8. The molecule has 0 aliphatic carbocycles. The minimum absolute atomic E-state index is 0.103. The minimum atomic E-state index is -0.103. The number of rotatable bonds is 6. The van der Waals surface area contributed by atoms with Crippen molar-refractivity contribution in [2.24, 2.45) is 0 Å². The first-order chi connectivity index (χ1) is 38.2. The topological polar surface area (TPSA) is 13.1 Å². The van der Waals surface area contributed by atoms with Gasteiger partial charge in [0, 0.05) is 81.1 Å². The summed E-state index contributed by atoms with van der Waals surface area (Å²) in [5.41, 5.74) is 24.0. The van der Waals surface area contributed by atoms with Gasteiger partial charge >= 0.3 is 0 Å². The molecule has 3 nitrogen and oxygen atoms in total. The summed E-state index contributed by atoms with van der Waals surface area (Å²) in [5, 5.41) is 7.63. The molecule has 12 aromatic carbocycles. The maximum absolute atomic E-state index is 2.69. The van der Waals surface area contributed by atoms with Gasteiger partial charge in [-0.15, -0.1) is 11.3 Å². The van der Waals surface area contributed by atoms with Gasteiger partial charge in [-0.05, 0) is 123 Å². The number of benzene rings is 12. The van der Waals surface area contributed by atoms with Crippen LogP contribution < -0.4 is 21.3 Å². The van der Waals surface area contributed by atoms with Gasteiger partial charge in [0.25, 0.3) is 6.71 Å². The Morgan fingerprint density at radius 2 is 0.844 bits per heavy atom. The van der Waals surface area contributed by atoms with Crippen LogP contribution in [0.5, 0.6) is 0 Å². The van der Waals surface area contributed by atoms with E-state index in [0.29, 0.717) is 0 Å². The van der Waals surface area contributed by atoms with Gasteiger partial charge in [0.05, 0.1) is 22.2 Å². The monoisotopic (exact) mass is 993 g/mol. The summed E-state index contributed by atoms with van der Waals surface area (Å²) < 4.78 is 7.75. The number of anilines is 3. The Morgan fingerprint density at radius 3 is 1.53 bits per heavy atom. The molecule has 15 aromatic rings. The average molecular weight is 994 g/mol. The highest BCUT2D eigenvalue weighted by Gasteiger charge is 2.44. The highest BCUT2D eigenvalue weighted by Crippen LogP contribution is 2.52. The molecule has 77 heavy (non-hydrogen) atoms. The fraction of sp³-hybridized carbons (Fsp3) is 0. The Bertz CT molecular complexity index is 4840. The van der Waals surface area contributed by atoms with Crippen LogP contribution in [0, 0.1) is 0 Å². The SMILES string of the molecule is c1ccc(-c2cc(-c3ccccc3)c(N3c4cc5c6ccccc6n(-c6ccccc6)c5cc4B4c5c3cc(-c3ccccc3)cc5-n3c5cc6sc7ccccc7c6cc5c5cccc4c53)c(-c3ccccc3)c2)cc1. The van der Waals surface area contributed by atoms with Crippen molar-refractivity contribution in [2.45, 2.75) is 0 Å². The van der Waals surface area contributed by atoms with E-state index in [1.165, 1.54) is 119 Å². The van der Waals surface area contributed by atoms with E-state index in [4.69, 9.17) is 0 Å². The molecule has 5 heteroatoms. The lowest BCUT2D eigenvalue weighted by atomic mass is 9.33. The molecule has 0 saturated heterocycles. The number of fused-ring (bicyclic) bond motifs is 13. The second kappa shape index (κ2) is 16.4. The summed E-state index contributed by atoms with van der Waals surface area (Å²) in [4.78, 5) is 2.69. The van der Waals surface area contributed by atoms with Gasteiger partial charge in [-0.2, -0.15) is 0 Å². The van der Waals surface area contributed by atoms with Crippen molar-refractivity contribution in [3.8, 4) is 55.9 Å². The van der Waals surface area contributed by atoms with Crippen LogP contribution in [0.4, 0.5) is 17.1 Å². The van der Waals surface area contributed by atoms with E-state index in [2.05, 4.69) is 281 Å². The molecule has 0 N–H and O–H groups in total. The molecule has 0 fully saturated rings. The number of nitrogens with zero attached hydrogens (tertiary/aromatic N) is 3. The molecule has 0 amide bonds. The van der Waals surface area contributed by atoms with Crippen molar-refractivity contribution in [2.75, 3.05) is 4.90 Å². The molecular weight excluding hydrogens is 950 g/mol. The lowest BCUT2D eigenvalue weighted by molar-refractivity contribution is 1.17. The zero-order chi connectivity index (χ0) is 50.3. The Morgan fingerprint density at radius 1 is 0.299 bits per heavy atom. The first-order valence-electron chi connectivity index (χ1n) is 26.6. The van der Waals surface area contributed by atoms with Crippen LogP contribution in [0.1, 0.15) is 0 Å². The van der Waals surface area contributed by atoms with E-state index < -0.39 is 0 Å². The van der Waals surface area contributed by atoms with E-state index in [1.807, 2.05) is 11.3 Å². The number of hydrogen-bond donors (Lipinski definition) is 0. The van der Waals surface area contributed by atoms with E-state index in [9.17, 15) is 0 Å². The first kappa shape index (κ1) is 42.7. The van der Waals surface area contributed by atoms with Crippen LogP contribution >= 0.6 is 11.3 Å². The quantitative estimate of drug-likeness (QED) is 0.151. The molecule has 0 spiro atoms. The van der Waals surface area contributed by atoms with E-state index in [0.717, 1.165) is 33.6 Å². The average Bonchev–Trinajstić information content (AvgIpc) is 4.22. The molecule has 2 aliphatic rings. The number of hydrogen-bond acceptors (Lipinski definition) is 2. The molecule has 3 aromatic heterocycles. The van der Waals surface area contributed by atoms with Gasteiger partial charge in [0.15, 0.2) is 0 Å². The summed E-state index contributed by atoms with van der Waals surface area (Å²) in [5.74, 6) is 0. The van der Waals surface area contributed by atoms with E-state index >= 15 is 0 Å². The van der Waals surface area contributed by atoms with Gasteiger partial charge in [0.2, 0.25) is 0 Å². The lowest BCUT2D eigenvalue weighted by Gasteiger charge is -2.42. The highest BCUT2D eigenvalue weighted by atomic mass is 32.1. The highest BCUT2D eigenvalue weighted by molar-refractivity contribution is 7.25. The Labute approximate surface area is 449 Å². The molecule has 17 rings (SSSR count). The largest absolute Gasteiger partial charge is 0.310 e. The first-order valence-corrected chi connectivity index (χ1v) is 27.4. The molecule has 0 radical (unpaired) electrons. The number of para-hydroxylation sites is 3. The summed E-state index contributed by atoms with van der Waals surface area (Å²) >= 11 is 1.89. The molecule has 5 heterocycles. The van der Waals surface area contributed by atoms with Crippen molar-refractivity contribution in [1.29, 1.82) is 0 Å². The third-order valence-electron chi connectivity index (χ3n) is 16.6. The van der Waals surface area contributed by atoms with Crippen LogP contribution in [0.3, 0.4) is 0 Å². The molecule has 0 atom stereocenters. The fourth-order valence-electron chi connectivity index (χ4n) is 13.4. The van der Waals surface area contributed by atoms with Crippen LogP contribution in [-0.4, -0.2) is 15.8 Å². The van der Waals surface area contributed by atoms with Gasteiger partial charge in [-0.3, -0.25) is 0 Å². The normalized spacial score (nSPS) is 12.6. The Hall–Kier alpha value is -9.68. The van der Waals surface area contributed by atoms with Crippen molar-refractivity contribution >= 4 is 115 Å². The number of aromatic nitrogens is 2. The van der Waals surface area contributed by atoms with Crippen molar-refractivity contribution < 1.29 is 0 Å². The third kappa shape index (κ3) is 6.20. The lowest BCUT2D eigenvalue weighted by Crippen LogP contribution is -2.60. The fourth-order valence-corrected chi connectivity index (χ4v) is 14.5.